The van der Waals surface area contributed by atoms with Crippen molar-refractivity contribution in [2.24, 2.45) is 0 Å². The fourth-order valence-electron chi connectivity index (χ4n) is 6.55. The first-order chi connectivity index (χ1) is 16.6. The summed E-state index contributed by atoms with van der Waals surface area (Å²) in [5.74, 6) is -0.687. The third kappa shape index (κ3) is 3.76. The van der Waals surface area contributed by atoms with Crippen LogP contribution in [0.1, 0.15) is 64.3 Å². The SMILES string of the molecule is CC(C)(C)OC(=O)N1[C@@H]2CC3(N[C@H](c4ccccc4)[C@@H](c4ccccc4)N3)[C@H]1[C@@H]1OC(C)(C)O[C@@H]12. The minimum Gasteiger partial charge on any atom is -0.444 e. The van der Waals surface area contributed by atoms with Gasteiger partial charge in [0.05, 0.1) is 29.8 Å². The highest BCUT2D eigenvalue weighted by Gasteiger charge is 2.73. The zero-order chi connectivity index (χ0) is 24.6. The number of nitrogens with zero attached hydrogens (tertiary/aromatic N) is 1. The number of nitrogens with one attached hydrogen (secondary N) is 2. The zero-order valence-electron chi connectivity index (χ0n) is 21.0. The number of fused-ring (bicyclic) bond motifs is 6. The number of benzene rings is 2. The molecule has 0 radical (unpaired) electrons. The van der Waals surface area contributed by atoms with Crippen LogP contribution in [0.3, 0.4) is 0 Å². The molecule has 4 saturated heterocycles. The summed E-state index contributed by atoms with van der Waals surface area (Å²) in [4.78, 5) is 15.4. The number of amides is 1. The van der Waals surface area contributed by atoms with Crippen LogP contribution in [0.5, 0.6) is 0 Å². The molecule has 0 aromatic heterocycles. The van der Waals surface area contributed by atoms with Crippen LogP contribution in [-0.2, 0) is 14.2 Å². The van der Waals surface area contributed by atoms with Crippen LogP contribution in [0.25, 0.3) is 0 Å². The molecule has 4 aliphatic rings. The van der Waals surface area contributed by atoms with Crippen molar-refractivity contribution in [3.05, 3.63) is 71.8 Å². The van der Waals surface area contributed by atoms with E-state index < -0.39 is 17.1 Å². The highest BCUT2D eigenvalue weighted by molar-refractivity contribution is 5.71. The lowest BCUT2D eigenvalue weighted by molar-refractivity contribution is -0.163. The average molecular weight is 478 g/mol. The third-order valence-electron chi connectivity index (χ3n) is 7.63. The number of hydrogen-bond acceptors (Lipinski definition) is 6. The lowest BCUT2D eigenvalue weighted by Crippen LogP contribution is -2.64. The topological polar surface area (TPSA) is 72.1 Å². The average Bonchev–Trinajstić information content (AvgIpc) is 3.50. The van der Waals surface area contributed by atoms with Gasteiger partial charge in [-0.2, -0.15) is 0 Å². The van der Waals surface area contributed by atoms with E-state index in [4.69, 9.17) is 14.2 Å². The quantitative estimate of drug-likeness (QED) is 0.673. The molecule has 4 aliphatic heterocycles. The normalized spacial score (nSPS) is 34.4. The van der Waals surface area contributed by atoms with Gasteiger partial charge in [0, 0.05) is 6.42 Å². The van der Waals surface area contributed by atoms with E-state index in [1.54, 1.807) is 0 Å². The largest absolute Gasteiger partial charge is 0.444 e. The Labute approximate surface area is 207 Å². The summed E-state index contributed by atoms with van der Waals surface area (Å²) in [5, 5.41) is 7.91. The zero-order valence-corrected chi connectivity index (χ0v) is 21.0. The summed E-state index contributed by atoms with van der Waals surface area (Å²) >= 11 is 0. The summed E-state index contributed by atoms with van der Waals surface area (Å²) in [6.45, 7) is 9.60. The smallest absolute Gasteiger partial charge is 0.411 e. The van der Waals surface area contributed by atoms with Gasteiger partial charge in [0.15, 0.2) is 5.79 Å². The van der Waals surface area contributed by atoms with Crippen LogP contribution >= 0.6 is 0 Å². The van der Waals surface area contributed by atoms with Crippen LogP contribution < -0.4 is 10.6 Å². The van der Waals surface area contributed by atoms with Crippen molar-refractivity contribution in [3.63, 3.8) is 0 Å². The molecule has 4 heterocycles. The number of hydrogen-bond donors (Lipinski definition) is 2. The minimum atomic E-state index is -0.687. The Kier molecular flexibility index (Phi) is 5.10. The lowest BCUT2D eigenvalue weighted by atomic mass is 9.85. The van der Waals surface area contributed by atoms with E-state index in [1.165, 1.54) is 11.1 Å². The second kappa shape index (κ2) is 7.77. The van der Waals surface area contributed by atoms with E-state index in [0.717, 1.165) is 0 Å². The molecule has 2 N–H and O–H groups in total. The highest BCUT2D eigenvalue weighted by atomic mass is 16.8. The van der Waals surface area contributed by atoms with Gasteiger partial charge in [-0.25, -0.2) is 4.79 Å². The lowest BCUT2D eigenvalue weighted by Gasteiger charge is -2.38. The summed E-state index contributed by atoms with van der Waals surface area (Å²) in [5.41, 5.74) is 1.29. The van der Waals surface area contributed by atoms with Gasteiger partial charge in [0.1, 0.15) is 17.8 Å². The number of carbonyl (C=O) groups is 1. The molecule has 6 rings (SSSR count). The van der Waals surface area contributed by atoms with Crippen LogP contribution in [0.2, 0.25) is 0 Å². The number of carbonyl (C=O) groups excluding carboxylic acids is 1. The van der Waals surface area contributed by atoms with Crippen LogP contribution in [0.15, 0.2) is 60.7 Å². The predicted octanol–water partition coefficient (Wildman–Crippen LogP) is 4.27. The maximum atomic E-state index is 13.5. The van der Waals surface area contributed by atoms with Crippen molar-refractivity contribution in [1.29, 1.82) is 0 Å². The van der Waals surface area contributed by atoms with Gasteiger partial charge in [-0.3, -0.25) is 15.5 Å². The molecule has 7 heteroatoms. The molecule has 0 unspecified atom stereocenters. The summed E-state index contributed by atoms with van der Waals surface area (Å²) in [6.07, 6.45) is -0.0267. The van der Waals surface area contributed by atoms with Crippen molar-refractivity contribution in [1.82, 2.24) is 15.5 Å². The highest BCUT2D eigenvalue weighted by Crippen LogP contribution is 2.55. The molecule has 2 aromatic carbocycles. The van der Waals surface area contributed by atoms with Gasteiger partial charge in [-0.1, -0.05) is 60.7 Å². The van der Waals surface area contributed by atoms with E-state index >= 15 is 0 Å². The van der Waals surface area contributed by atoms with Crippen molar-refractivity contribution in [2.75, 3.05) is 0 Å². The number of rotatable bonds is 2. The van der Waals surface area contributed by atoms with Gasteiger partial charge in [0.2, 0.25) is 0 Å². The van der Waals surface area contributed by atoms with Crippen molar-refractivity contribution in [3.8, 4) is 0 Å². The minimum absolute atomic E-state index is 0.0345. The fourth-order valence-corrected chi connectivity index (χ4v) is 6.55. The second-order valence-corrected chi connectivity index (χ2v) is 11.7. The Balaban J connectivity index is 1.40. The van der Waals surface area contributed by atoms with E-state index in [2.05, 4.69) is 59.2 Å². The molecule has 1 spiro atoms. The Morgan fingerprint density at radius 3 is 1.94 bits per heavy atom. The Bertz CT molecular complexity index is 1050. The van der Waals surface area contributed by atoms with Crippen LogP contribution in [0, 0.1) is 0 Å². The molecular weight excluding hydrogens is 442 g/mol. The molecule has 4 fully saturated rings. The van der Waals surface area contributed by atoms with Gasteiger partial charge >= 0.3 is 6.09 Å². The van der Waals surface area contributed by atoms with Gasteiger partial charge in [-0.15, -0.1) is 0 Å². The molecule has 2 bridgehead atoms. The molecule has 6 atom stereocenters. The second-order valence-electron chi connectivity index (χ2n) is 11.7. The predicted molar refractivity (Wildman–Crippen MR) is 131 cm³/mol. The molecule has 35 heavy (non-hydrogen) atoms. The Morgan fingerprint density at radius 1 is 0.914 bits per heavy atom. The summed E-state index contributed by atoms with van der Waals surface area (Å²) < 4.78 is 18.6. The molecule has 7 nitrogen and oxygen atoms in total. The van der Waals surface area contributed by atoms with Crippen LogP contribution in [0.4, 0.5) is 4.79 Å². The van der Waals surface area contributed by atoms with E-state index in [0.29, 0.717) is 6.42 Å². The van der Waals surface area contributed by atoms with Gasteiger partial charge < -0.3 is 14.2 Å². The van der Waals surface area contributed by atoms with Crippen molar-refractivity contribution < 1.29 is 19.0 Å². The first kappa shape index (κ1) is 23.0. The van der Waals surface area contributed by atoms with E-state index in [1.807, 2.05) is 51.7 Å². The van der Waals surface area contributed by atoms with E-state index in [-0.39, 0.29) is 42.5 Å². The summed E-state index contributed by atoms with van der Waals surface area (Å²) in [6, 6.07) is 20.7. The third-order valence-corrected chi connectivity index (χ3v) is 7.63. The van der Waals surface area contributed by atoms with Crippen molar-refractivity contribution >= 4 is 6.09 Å². The Morgan fingerprint density at radius 2 is 1.43 bits per heavy atom. The maximum absolute atomic E-state index is 13.5. The van der Waals surface area contributed by atoms with Gasteiger partial charge in [-0.05, 0) is 45.7 Å². The monoisotopic (exact) mass is 477 g/mol. The molecule has 2 aromatic rings. The molecule has 186 valence electrons. The van der Waals surface area contributed by atoms with Crippen LogP contribution in [-0.4, -0.2) is 52.3 Å². The number of ether oxygens (including phenoxy) is 3. The fraction of sp³-hybridized carbons (Fsp3) is 0.536. The molecular formula is C28H35N3O4. The molecule has 0 aliphatic carbocycles. The maximum Gasteiger partial charge on any atom is 0.411 e. The first-order valence-electron chi connectivity index (χ1n) is 12.6. The summed E-state index contributed by atoms with van der Waals surface area (Å²) in [7, 11) is 0. The standard InChI is InChI=1S/C28H35N3O4/c1-26(2,3)35-25(32)31-19-16-28(24(31)23-22(19)33-27(4,5)34-23)29-20(17-12-8-6-9-13-17)21(30-28)18-14-10-7-11-15-18/h6-15,19-24,29-30H,16H2,1-5H3/t19-,20-,21-,22-,23-,24-/m1/s1. The Hall–Kier alpha value is -2.45. The molecule has 0 saturated carbocycles. The molecule has 1 amide bonds. The van der Waals surface area contributed by atoms with E-state index in [9.17, 15) is 4.79 Å². The first-order valence-corrected chi connectivity index (χ1v) is 12.6. The van der Waals surface area contributed by atoms with Crippen molar-refractivity contribution in [2.45, 2.75) is 94.5 Å². The van der Waals surface area contributed by atoms with Gasteiger partial charge in [0.25, 0.3) is 0 Å².